The lowest BCUT2D eigenvalue weighted by Crippen LogP contribution is -2.30. The maximum Gasteiger partial charge on any atom is 0.263 e. The van der Waals surface area contributed by atoms with E-state index in [0.29, 0.717) is 6.54 Å². The van der Waals surface area contributed by atoms with Crippen LogP contribution in [0.15, 0.2) is 16.9 Å². The van der Waals surface area contributed by atoms with Gasteiger partial charge in [0, 0.05) is 19.3 Å². The van der Waals surface area contributed by atoms with Crippen molar-refractivity contribution in [2.75, 3.05) is 7.05 Å². The highest BCUT2D eigenvalue weighted by molar-refractivity contribution is 5.92. The van der Waals surface area contributed by atoms with E-state index in [1.54, 1.807) is 20.2 Å². The second-order valence-corrected chi connectivity index (χ2v) is 3.00. The summed E-state index contributed by atoms with van der Waals surface area (Å²) in [5, 5.41) is 2.92. The molecule has 0 aliphatic heterocycles. The van der Waals surface area contributed by atoms with Crippen LogP contribution in [0.25, 0.3) is 0 Å². The van der Waals surface area contributed by atoms with Gasteiger partial charge in [-0.15, -0.1) is 0 Å². The van der Waals surface area contributed by atoms with E-state index >= 15 is 0 Å². The average molecular weight is 195 g/mol. The van der Waals surface area contributed by atoms with Gasteiger partial charge in [0.15, 0.2) is 0 Å². The molecule has 14 heavy (non-hydrogen) atoms. The number of carbonyl (C=O) groups is 1. The van der Waals surface area contributed by atoms with Crippen LogP contribution in [-0.4, -0.2) is 17.5 Å². The number of nitrogens with one attached hydrogen (secondary N) is 1. The van der Waals surface area contributed by atoms with E-state index in [-0.39, 0.29) is 11.1 Å². The van der Waals surface area contributed by atoms with E-state index in [9.17, 15) is 9.59 Å². The molecule has 0 radical (unpaired) electrons. The molecule has 0 atom stereocenters. The maximum absolute atomic E-state index is 11.5. The number of nitrogens with zero attached hydrogens (tertiary/aromatic N) is 1. The molecule has 1 aromatic rings. The summed E-state index contributed by atoms with van der Waals surface area (Å²) < 4.78 is 1.41. The highest BCUT2D eigenvalue weighted by atomic mass is 16.2. The minimum atomic E-state index is -0.693. The van der Waals surface area contributed by atoms with Gasteiger partial charge < -0.3 is 15.6 Å². The van der Waals surface area contributed by atoms with Crippen LogP contribution in [0, 0.1) is 0 Å². The van der Waals surface area contributed by atoms with Crippen molar-refractivity contribution in [1.82, 2.24) is 9.88 Å². The van der Waals surface area contributed by atoms with E-state index in [2.05, 4.69) is 5.32 Å². The minimum absolute atomic E-state index is 0.0207. The Bertz CT molecular complexity index is 409. The predicted octanol–water partition coefficient (Wildman–Crippen LogP) is -0.796. The summed E-state index contributed by atoms with van der Waals surface area (Å²) in [6.45, 7) is 0.574. The SMILES string of the molecule is CNCc1ccc(C(N)=O)c(=O)n1C. The summed E-state index contributed by atoms with van der Waals surface area (Å²) in [5.74, 6) is -0.693. The molecule has 0 aromatic carbocycles. The first kappa shape index (κ1) is 10.5. The summed E-state index contributed by atoms with van der Waals surface area (Å²) in [4.78, 5) is 22.4. The van der Waals surface area contributed by atoms with Crippen molar-refractivity contribution >= 4 is 5.91 Å². The first-order chi connectivity index (χ1) is 6.57. The number of hydrogen-bond donors (Lipinski definition) is 2. The van der Waals surface area contributed by atoms with Crippen molar-refractivity contribution < 1.29 is 4.79 Å². The average Bonchev–Trinajstić information content (AvgIpc) is 2.13. The van der Waals surface area contributed by atoms with Crippen molar-refractivity contribution in [2.24, 2.45) is 12.8 Å². The maximum atomic E-state index is 11.5. The molecule has 5 heteroatoms. The molecule has 1 rings (SSSR count). The standard InChI is InChI=1S/C9H13N3O2/c1-11-5-6-3-4-7(8(10)13)9(14)12(6)2/h3-4,11H,5H2,1-2H3,(H2,10,13). The van der Waals surface area contributed by atoms with Gasteiger partial charge in [-0.3, -0.25) is 9.59 Å². The zero-order valence-electron chi connectivity index (χ0n) is 8.20. The molecule has 1 aromatic heterocycles. The number of amides is 1. The predicted molar refractivity (Wildman–Crippen MR) is 53.0 cm³/mol. The quantitative estimate of drug-likeness (QED) is 0.663. The minimum Gasteiger partial charge on any atom is -0.365 e. The number of carbonyl (C=O) groups excluding carboxylic acids is 1. The Labute approximate surface area is 81.5 Å². The van der Waals surface area contributed by atoms with E-state index < -0.39 is 5.91 Å². The fourth-order valence-electron chi connectivity index (χ4n) is 1.22. The van der Waals surface area contributed by atoms with Crippen LogP contribution in [0.2, 0.25) is 0 Å². The van der Waals surface area contributed by atoms with Gasteiger partial charge >= 0.3 is 0 Å². The summed E-state index contributed by atoms with van der Waals surface area (Å²) >= 11 is 0. The number of hydrogen-bond acceptors (Lipinski definition) is 3. The highest BCUT2D eigenvalue weighted by Gasteiger charge is 2.09. The van der Waals surface area contributed by atoms with Crippen LogP contribution in [0.1, 0.15) is 16.1 Å². The van der Waals surface area contributed by atoms with Gasteiger partial charge in [0.2, 0.25) is 0 Å². The third-order valence-electron chi connectivity index (χ3n) is 2.03. The third kappa shape index (κ3) is 1.82. The molecule has 0 saturated heterocycles. The van der Waals surface area contributed by atoms with Crippen LogP contribution in [0.4, 0.5) is 0 Å². The van der Waals surface area contributed by atoms with Gasteiger partial charge in [0.1, 0.15) is 5.56 Å². The van der Waals surface area contributed by atoms with Crippen molar-refractivity contribution in [3.05, 3.63) is 33.7 Å². The zero-order chi connectivity index (χ0) is 10.7. The van der Waals surface area contributed by atoms with Crippen LogP contribution in [0.5, 0.6) is 0 Å². The van der Waals surface area contributed by atoms with Gasteiger partial charge in [-0.1, -0.05) is 0 Å². The van der Waals surface area contributed by atoms with Gasteiger partial charge in [0.25, 0.3) is 11.5 Å². The molecule has 3 N–H and O–H groups in total. The van der Waals surface area contributed by atoms with Gasteiger partial charge in [-0.05, 0) is 19.2 Å². The summed E-state index contributed by atoms with van der Waals surface area (Å²) in [5.41, 5.74) is 5.51. The first-order valence-corrected chi connectivity index (χ1v) is 4.21. The lowest BCUT2D eigenvalue weighted by Gasteiger charge is -2.08. The van der Waals surface area contributed by atoms with E-state index in [0.717, 1.165) is 5.69 Å². The normalized spacial score (nSPS) is 10.1. The Morgan fingerprint density at radius 2 is 2.21 bits per heavy atom. The number of pyridine rings is 1. The fourth-order valence-corrected chi connectivity index (χ4v) is 1.22. The molecule has 0 aliphatic rings. The van der Waals surface area contributed by atoms with E-state index in [1.165, 1.54) is 10.6 Å². The molecule has 0 fully saturated rings. The second kappa shape index (κ2) is 4.06. The molecule has 0 unspecified atom stereocenters. The Morgan fingerprint density at radius 1 is 1.57 bits per heavy atom. The lowest BCUT2D eigenvalue weighted by molar-refractivity contribution is 0.0998. The molecular formula is C9H13N3O2. The van der Waals surface area contributed by atoms with Gasteiger partial charge in [0.05, 0.1) is 0 Å². The molecule has 1 amide bonds. The first-order valence-electron chi connectivity index (χ1n) is 4.21. The number of primary amides is 1. The van der Waals surface area contributed by atoms with Crippen molar-refractivity contribution in [3.8, 4) is 0 Å². The molecule has 5 nitrogen and oxygen atoms in total. The fraction of sp³-hybridized carbons (Fsp3) is 0.333. The Balaban J connectivity index is 3.26. The molecule has 0 spiro atoms. The summed E-state index contributed by atoms with van der Waals surface area (Å²) in [6.07, 6.45) is 0. The Morgan fingerprint density at radius 3 is 2.71 bits per heavy atom. The van der Waals surface area contributed by atoms with Gasteiger partial charge in [-0.2, -0.15) is 0 Å². The third-order valence-corrected chi connectivity index (χ3v) is 2.03. The Hall–Kier alpha value is -1.62. The van der Waals surface area contributed by atoms with E-state index in [4.69, 9.17) is 5.73 Å². The van der Waals surface area contributed by atoms with Crippen LogP contribution < -0.4 is 16.6 Å². The highest BCUT2D eigenvalue weighted by Crippen LogP contribution is 1.97. The molecule has 0 bridgehead atoms. The molecule has 0 saturated carbocycles. The summed E-state index contributed by atoms with van der Waals surface area (Å²) in [7, 11) is 3.40. The van der Waals surface area contributed by atoms with Crippen LogP contribution in [0.3, 0.4) is 0 Å². The number of aromatic nitrogens is 1. The van der Waals surface area contributed by atoms with Gasteiger partial charge in [-0.25, -0.2) is 0 Å². The van der Waals surface area contributed by atoms with E-state index in [1.807, 2.05) is 0 Å². The second-order valence-electron chi connectivity index (χ2n) is 3.00. The summed E-state index contributed by atoms with van der Waals surface area (Å²) in [6, 6.07) is 3.16. The molecule has 1 heterocycles. The van der Waals surface area contributed by atoms with Crippen LogP contribution >= 0.6 is 0 Å². The topological polar surface area (TPSA) is 77.1 Å². The van der Waals surface area contributed by atoms with Crippen molar-refractivity contribution in [2.45, 2.75) is 6.54 Å². The number of rotatable bonds is 3. The lowest BCUT2D eigenvalue weighted by atomic mass is 10.2. The van der Waals surface area contributed by atoms with Crippen molar-refractivity contribution in [3.63, 3.8) is 0 Å². The molecular weight excluding hydrogens is 182 g/mol. The number of nitrogens with two attached hydrogens (primary N) is 1. The monoisotopic (exact) mass is 195 g/mol. The largest absolute Gasteiger partial charge is 0.365 e. The van der Waals surface area contributed by atoms with Crippen LogP contribution in [-0.2, 0) is 13.6 Å². The molecule has 0 aliphatic carbocycles. The molecule has 76 valence electrons. The van der Waals surface area contributed by atoms with Crippen molar-refractivity contribution in [1.29, 1.82) is 0 Å². The zero-order valence-corrected chi connectivity index (χ0v) is 8.20. The Kier molecular flexibility index (Phi) is 3.03. The smallest absolute Gasteiger partial charge is 0.263 e.